The smallest absolute Gasteiger partial charge is 0.169 e. The molecule has 0 aliphatic rings. The molecule has 1 atom stereocenters. The number of hydrogen-bond acceptors (Lipinski definition) is 4. The van der Waals surface area contributed by atoms with Crippen LogP contribution in [0.3, 0.4) is 0 Å². The summed E-state index contributed by atoms with van der Waals surface area (Å²) in [5.41, 5.74) is 5.38. The maximum atomic E-state index is 5.38. The predicted molar refractivity (Wildman–Crippen MR) is 46.9 cm³/mol. The highest BCUT2D eigenvalue weighted by molar-refractivity contribution is 4.43. The Labute approximate surface area is 74.0 Å². The molecular formula is C8H19NO3. The minimum Gasteiger partial charge on any atom is -0.379 e. The van der Waals surface area contributed by atoms with Crippen LogP contribution in [0.2, 0.25) is 0 Å². The summed E-state index contributed by atoms with van der Waals surface area (Å²) < 4.78 is 15.5. The molecule has 0 aromatic heterocycles. The summed E-state index contributed by atoms with van der Waals surface area (Å²) >= 11 is 0. The van der Waals surface area contributed by atoms with E-state index in [2.05, 4.69) is 0 Å². The molecule has 4 heteroatoms. The van der Waals surface area contributed by atoms with Gasteiger partial charge in [-0.05, 0) is 13.8 Å². The van der Waals surface area contributed by atoms with Crippen molar-refractivity contribution in [1.82, 2.24) is 0 Å². The maximum Gasteiger partial charge on any atom is 0.169 e. The lowest BCUT2D eigenvalue weighted by Crippen LogP contribution is -2.28. The molecule has 4 nitrogen and oxygen atoms in total. The molecule has 0 fully saturated rings. The van der Waals surface area contributed by atoms with Crippen molar-refractivity contribution < 1.29 is 14.2 Å². The van der Waals surface area contributed by atoms with Crippen LogP contribution in [-0.2, 0) is 14.2 Å². The van der Waals surface area contributed by atoms with Gasteiger partial charge in [0.2, 0.25) is 0 Å². The summed E-state index contributed by atoms with van der Waals surface area (Å²) in [6.07, 6.45) is -0.282. The van der Waals surface area contributed by atoms with E-state index in [-0.39, 0.29) is 6.29 Å². The normalized spacial score (nSPS) is 13.2. The van der Waals surface area contributed by atoms with Crippen molar-refractivity contribution in [3.05, 3.63) is 0 Å². The van der Waals surface area contributed by atoms with Crippen molar-refractivity contribution in [2.24, 2.45) is 5.73 Å². The van der Waals surface area contributed by atoms with Gasteiger partial charge in [-0.2, -0.15) is 0 Å². The molecule has 0 aliphatic carbocycles. The van der Waals surface area contributed by atoms with E-state index < -0.39 is 0 Å². The van der Waals surface area contributed by atoms with E-state index in [1.807, 2.05) is 13.8 Å². The average Bonchev–Trinajstić information content (AvgIpc) is 2.10. The number of hydrogen-bond donors (Lipinski definition) is 1. The van der Waals surface area contributed by atoms with Crippen LogP contribution in [-0.4, -0.2) is 39.3 Å². The molecule has 2 N–H and O–H groups in total. The Hall–Kier alpha value is -0.160. The predicted octanol–water partition coefficient (Wildman–Crippen LogP) is 0.361. The van der Waals surface area contributed by atoms with E-state index >= 15 is 0 Å². The Kier molecular flexibility index (Phi) is 8.81. The molecule has 0 aromatic rings. The zero-order valence-corrected chi connectivity index (χ0v) is 7.91. The van der Waals surface area contributed by atoms with Gasteiger partial charge in [0.15, 0.2) is 6.29 Å². The fourth-order valence-corrected chi connectivity index (χ4v) is 0.753. The van der Waals surface area contributed by atoms with E-state index in [0.29, 0.717) is 33.0 Å². The van der Waals surface area contributed by atoms with E-state index in [4.69, 9.17) is 19.9 Å². The van der Waals surface area contributed by atoms with Gasteiger partial charge < -0.3 is 19.9 Å². The number of rotatable bonds is 8. The first kappa shape index (κ1) is 11.8. The molecule has 0 aromatic carbocycles. The fraction of sp³-hybridized carbons (Fsp3) is 1.00. The van der Waals surface area contributed by atoms with Gasteiger partial charge in [-0.1, -0.05) is 0 Å². The quantitative estimate of drug-likeness (QED) is 0.429. The average molecular weight is 177 g/mol. The van der Waals surface area contributed by atoms with Crippen molar-refractivity contribution in [2.75, 3.05) is 33.0 Å². The Morgan fingerprint density at radius 2 is 1.83 bits per heavy atom. The van der Waals surface area contributed by atoms with Gasteiger partial charge in [-0.25, -0.2) is 0 Å². The number of nitrogens with two attached hydrogens (primary N) is 1. The Morgan fingerprint density at radius 1 is 1.08 bits per heavy atom. The summed E-state index contributed by atoms with van der Waals surface area (Å²) in [6.45, 7) is 6.72. The molecule has 0 radical (unpaired) electrons. The minimum atomic E-state index is -0.282. The van der Waals surface area contributed by atoms with Crippen LogP contribution in [0.15, 0.2) is 0 Å². The molecule has 0 rings (SSSR count). The molecule has 0 saturated carbocycles. The highest BCUT2D eigenvalue weighted by Crippen LogP contribution is 1.92. The van der Waals surface area contributed by atoms with Gasteiger partial charge in [-0.3, -0.25) is 0 Å². The van der Waals surface area contributed by atoms with E-state index in [0.717, 1.165) is 0 Å². The van der Waals surface area contributed by atoms with E-state index in [1.54, 1.807) is 0 Å². The molecule has 0 spiro atoms. The van der Waals surface area contributed by atoms with Crippen LogP contribution >= 0.6 is 0 Å². The standard InChI is InChI=1S/C8H19NO3/c1-3-10-5-6-12-8(7-9)11-4-2/h8H,3-7,9H2,1-2H3. The van der Waals surface area contributed by atoms with Crippen molar-refractivity contribution in [1.29, 1.82) is 0 Å². The first-order valence-corrected chi connectivity index (χ1v) is 4.36. The van der Waals surface area contributed by atoms with Gasteiger partial charge >= 0.3 is 0 Å². The summed E-state index contributed by atoms with van der Waals surface area (Å²) in [5.74, 6) is 0. The second-order valence-electron chi connectivity index (χ2n) is 2.19. The first-order valence-electron chi connectivity index (χ1n) is 4.36. The largest absolute Gasteiger partial charge is 0.379 e. The second-order valence-corrected chi connectivity index (χ2v) is 2.19. The van der Waals surface area contributed by atoms with Crippen molar-refractivity contribution in [2.45, 2.75) is 20.1 Å². The molecule has 0 saturated heterocycles. The molecule has 0 heterocycles. The van der Waals surface area contributed by atoms with Gasteiger partial charge in [0, 0.05) is 19.8 Å². The molecule has 74 valence electrons. The third-order valence-electron chi connectivity index (χ3n) is 1.28. The van der Waals surface area contributed by atoms with Crippen LogP contribution < -0.4 is 5.73 Å². The van der Waals surface area contributed by atoms with Crippen molar-refractivity contribution in [3.63, 3.8) is 0 Å². The van der Waals surface area contributed by atoms with Crippen molar-refractivity contribution >= 4 is 0 Å². The van der Waals surface area contributed by atoms with Crippen LogP contribution in [0, 0.1) is 0 Å². The van der Waals surface area contributed by atoms with Crippen LogP contribution in [0.4, 0.5) is 0 Å². The summed E-state index contributed by atoms with van der Waals surface area (Å²) in [4.78, 5) is 0. The molecule has 0 amide bonds. The summed E-state index contributed by atoms with van der Waals surface area (Å²) in [7, 11) is 0. The molecule has 12 heavy (non-hydrogen) atoms. The SMILES string of the molecule is CCOCCOC(CN)OCC. The lowest BCUT2D eigenvalue weighted by Gasteiger charge is -2.15. The summed E-state index contributed by atoms with van der Waals surface area (Å²) in [6, 6.07) is 0. The highest BCUT2D eigenvalue weighted by Gasteiger charge is 2.04. The molecule has 0 aliphatic heterocycles. The van der Waals surface area contributed by atoms with Crippen LogP contribution in [0.1, 0.15) is 13.8 Å². The van der Waals surface area contributed by atoms with Crippen molar-refractivity contribution in [3.8, 4) is 0 Å². The van der Waals surface area contributed by atoms with Gasteiger partial charge in [0.1, 0.15) is 0 Å². The Morgan fingerprint density at radius 3 is 2.33 bits per heavy atom. The maximum absolute atomic E-state index is 5.38. The second kappa shape index (κ2) is 8.93. The zero-order chi connectivity index (χ0) is 9.23. The van der Waals surface area contributed by atoms with E-state index in [1.165, 1.54) is 0 Å². The topological polar surface area (TPSA) is 53.7 Å². The van der Waals surface area contributed by atoms with E-state index in [9.17, 15) is 0 Å². The Balaban J connectivity index is 3.19. The summed E-state index contributed by atoms with van der Waals surface area (Å²) in [5, 5.41) is 0. The van der Waals surface area contributed by atoms with Crippen LogP contribution in [0.25, 0.3) is 0 Å². The lowest BCUT2D eigenvalue weighted by atomic mass is 10.6. The lowest BCUT2D eigenvalue weighted by molar-refractivity contribution is -0.140. The number of ether oxygens (including phenoxy) is 3. The first-order chi connectivity index (χ1) is 5.85. The monoisotopic (exact) mass is 177 g/mol. The third kappa shape index (κ3) is 6.54. The third-order valence-corrected chi connectivity index (χ3v) is 1.28. The van der Waals surface area contributed by atoms with Gasteiger partial charge in [0.05, 0.1) is 13.2 Å². The molecule has 0 bridgehead atoms. The molecule has 1 unspecified atom stereocenters. The minimum absolute atomic E-state index is 0.282. The fourth-order valence-electron chi connectivity index (χ4n) is 0.753. The highest BCUT2D eigenvalue weighted by atomic mass is 16.7. The Bertz CT molecular complexity index is 90.4. The van der Waals surface area contributed by atoms with Gasteiger partial charge in [0.25, 0.3) is 0 Å². The van der Waals surface area contributed by atoms with Crippen LogP contribution in [0.5, 0.6) is 0 Å². The van der Waals surface area contributed by atoms with Gasteiger partial charge in [-0.15, -0.1) is 0 Å². The zero-order valence-electron chi connectivity index (χ0n) is 7.91. The molecular weight excluding hydrogens is 158 g/mol.